The standard InChI is InChI=1S/C11H15N7O3/c19-10(20)6-18-5-8(4-15-18)16-11(21)12-3-1-2-9-13-7-14-17-9/h4-5,7H,1-3,6H2,(H,19,20)(H2,12,16,21)(H,13,14,17). The first-order chi connectivity index (χ1) is 10.1. The predicted octanol–water partition coefficient (Wildman–Crippen LogP) is -0.160. The number of anilines is 1. The van der Waals surface area contributed by atoms with E-state index in [0.717, 1.165) is 12.2 Å². The quantitative estimate of drug-likeness (QED) is 0.523. The largest absolute Gasteiger partial charge is 0.480 e. The summed E-state index contributed by atoms with van der Waals surface area (Å²) < 4.78 is 1.22. The molecule has 0 fully saturated rings. The van der Waals surface area contributed by atoms with E-state index in [1.807, 2.05) is 0 Å². The van der Waals surface area contributed by atoms with E-state index < -0.39 is 5.97 Å². The van der Waals surface area contributed by atoms with Crippen LogP contribution in [-0.4, -0.2) is 48.6 Å². The number of aryl methyl sites for hydroxylation is 1. The number of amides is 2. The van der Waals surface area contributed by atoms with E-state index in [4.69, 9.17) is 5.11 Å². The van der Waals surface area contributed by atoms with Gasteiger partial charge in [-0.1, -0.05) is 0 Å². The Morgan fingerprint density at radius 1 is 1.43 bits per heavy atom. The molecule has 0 aliphatic heterocycles. The predicted molar refractivity (Wildman–Crippen MR) is 71.6 cm³/mol. The molecule has 2 amide bonds. The van der Waals surface area contributed by atoms with Gasteiger partial charge in [0.1, 0.15) is 18.7 Å². The van der Waals surface area contributed by atoms with E-state index in [2.05, 4.69) is 30.9 Å². The second-order valence-corrected chi connectivity index (χ2v) is 4.24. The van der Waals surface area contributed by atoms with E-state index in [1.165, 1.54) is 23.4 Å². The minimum Gasteiger partial charge on any atom is -0.480 e. The lowest BCUT2D eigenvalue weighted by Crippen LogP contribution is -2.29. The molecule has 0 saturated heterocycles. The zero-order valence-corrected chi connectivity index (χ0v) is 11.1. The number of hydrogen-bond acceptors (Lipinski definition) is 5. The topological polar surface area (TPSA) is 138 Å². The summed E-state index contributed by atoms with van der Waals surface area (Å²) in [5.74, 6) is -0.228. The number of urea groups is 1. The number of carboxylic acids is 1. The fourth-order valence-corrected chi connectivity index (χ4v) is 1.64. The Morgan fingerprint density at radius 2 is 2.29 bits per heavy atom. The van der Waals surface area contributed by atoms with Gasteiger partial charge in [-0.2, -0.15) is 10.2 Å². The lowest BCUT2D eigenvalue weighted by molar-refractivity contribution is -0.137. The Bertz CT molecular complexity index is 593. The lowest BCUT2D eigenvalue weighted by atomic mass is 10.3. The van der Waals surface area contributed by atoms with Gasteiger partial charge in [0.05, 0.1) is 11.9 Å². The van der Waals surface area contributed by atoms with Gasteiger partial charge in [0, 0.05) is 19.2 Å². The number of carbonyl (C=O) groups excluding carboxylic acids is 1. The average molecular weight is 293 g/mol. The first-order valence-corrected chi connectivity index (χ1v) is 6.27. The van der Waals surface area contributed by atoms with Crippen LogP contribution in [0.1, 0.15) is 12.2 Å². The van der Waals surface area contributed by atoms with E-state index >= 15 is 0 Å². The van der Waals surface area contributed by atoms with Crippen LogP contribution < -0.4 is 10.6 Å². The van der Waals surface area contributed by atoms with Crippen LogP contribution in [-0.2, 0) is 17.8 Å². The third-order valence-electron chi connectivity index (χ3n) is 2.53. The van der Waals surface area contributed by atoms with Gasteiger partial charge in [0.15, 0.2) is 0 Å². The fraction of sp³-hybridized carbons (Fsp3) is 0.364. The molecule has 10 nitrogen and oxygen atoms in total. The lowest BCUT2D eigenvalue weighted by Gasteiger charge is -2.04. The Kier molecular flexibility index (Phi) is 4.85. The number of nitrogens with one attached hydrogen (secondary N) is 3. The SMILES string of the molecule is O=C(O)Cn1cc(NC(=O)NCCCc2ncn[nH]2)cn1. The molecule has 0 atom stereocenters. The monoisotopic (exact) mass is 293 g/mol. The highest BCUT2D eigenvalue weighted by molar-refractivity contribution is 5.88. The molecule has 0 unspecified atom stereocenters. The van der Waals surface area contributed by atoms with Crippen molar-refractivity contribution in [2.45, 2.75) is 19.4 Å². The number of aromatic nitrogens is 5. The summed E-state index contributed by atoms with van der Waals surface area (Å²) in [4.78, 5) is 26.1. The maximum absolute atomic E-state index is 11.6. The van der Waals surface area contributed by atoms with Crippen molar-refractivity contribution in [3.8, 4) is 0 Å². The molecule has 2 aromatic rings. The molecule has 0 saturated carbocycles. The summed E-state index contributed by atoms with van der Waals surface area (Å²) in [7, 11) is 0. The van der Waals surface area contributed by atoms with Crippen LogP contribution in [0.25, 0.3) is 0 Å². The van der Waals surface area contributed by atoms with Crippen LogP contribution >= 0.6 is 0 Å². The smallest absolute Gasteiger partial charge is 0.325 e. The summed E-state index contributed by atoms with van der Waals surface area (Å²) in [5.41, 5.74) is 0.434. The van der Waals surface area contributed by atoms with E-state index in [0.29, 0.717) is 18.7 Å². The number of aromatic amines is 1. The third-order valence-corrected chi connectivity index (χ3v) is 2.53. The molecular formula is C11H15N7O3. The highest BCUT2D eigenvalue weighted by atomic mass is 16.4. The van der Waals surface area contributed by atoms with Crippen LogP contribution in [0.3, 0.4) is 0 Å². The van der Waals surface area contributed by atoms with Crippen LogP contribution in [0.15, 0.2) is 18.7 Å². The Labute approximate surface area is 119 Å². The fourth-order valence-electron chi connectivity index (χ4n) is 1.64. The van der Waals surface area contributed by atoms with Crippen molar-refractivity contribution < 1.29 is 14.7 Å². The van der Waals surface area contributed by atoms with Crippen molar-refractivity contribution in [1.82, 2.24) is 30.3 Å². The van der Waals surface area contributed by atoms with E-state index in [-0.39, 0.29) is 12.6 Å². The molecule has 0 aliphatic carbocycles. The molecular weight excluding hydrogens is 278 g/mol. The molecule has 0 spiro atoms. The van der Waals surface area contributed by atoms with Gasteiger partial charge in [-0.25, -0.2) is 9.78 Å². The average Bonchev–Trinajstić information content (AvgIpc) is 3.06. The number of H-pyrrole nitrogens is 1. The van der Waals surface area contributed by atoms with Crippen molar-refractivity contribution >= 4 is 17.7 Å². The summed E-state index contributed by atoms with van der Waals surface area (Å²) in [6.45, 7) is 0.232. The highest BCUT2D eigenvalue weighted by Crippen LogP contribution is 2.04. The van der Waals surface area contributed by atoms with Gasteiger partial charge in [-0.15, -0.1) is 0 Å². The summed E-state index contributed by atoms with van der Waals surface area (Å²) in [6.07, 6.45) is 5.68. The second-order valence-electron chi connectivity index (χ2n) is 4.24. The van der Waals surface area contributed by atoms with Gasteiger partial charge in [0.25, 0.3) is 0 Å². The number of carboxylic acid groups (broad SMARTS) is 1. The van der Waals surface area contributed by atoms with Crippen molar-refractivity contribution in [3.05, 3.63) is 24.5 Å². The zero-order chi connectivity index (χ0) is 15.1. The minimum atomic E-state index is -0.999. The van der Waals surface area contributed by atoms with Crippen LogP contribution in [0.4, 0.5) is 10.5 Å². The second kappa shape index (κ2) is 7.03. The van der Waals surface area contributed by atoms with Crippen LogP contribution in [0.5, 0.6) is 0 Å². The zero-order valence-electron chi connectivity index (χ0n) is 11.1. The van der Waals surface area contributed by atoms with Crippen molar-refractivity contribution in [1.29, 1.82) is 0 Å². The normalized spacial score (nSPS) is 10.3. The Morgan fingerprint density at radius 3 is 3.00 bits per heavy atom. The molecule has 10 heteroatoms. The minimum absolute atomic E-state index is 0.250. The van der Waals surface area contributed by atoms with E-state index in [1.54, 1.807) is 0 Å². The highest BCUT2D eigenvalue weighted by Gasteiger charge is 2.06. The molecule has 2 aromatic heterocycles. The summed E-state index contributed by atoms with van der Waals surface area (Å²) in [6, 6.07) is -0.373. The number of carbonyl (C=O) groups is 2. The summed E-state index contributed by atoms with van der Waals surface area (Å²) in [5, 5.41) is 24.1. The molecule has 0 bridgehead atoms. The molecule has 21 heavy (non-hydrogen) atoms. The van der Waals surface area contributed by atoms with Crippen molar-refractivity contribution in [3.63, 3.8) is 0 Å². The van der Waals surface area contributed by atoms with Gasteiger partial charge >= 0.3 is 12.0 Å². The molecule has 2 heterocycles. The van der Waals surface area contributed by atoms with Gasteiger partial charge in [0.2, 0.25) is 0 Å². The third kappa shape index (κ3) is 4.93. The number of rotatable bonds is 7. The maximum atomic E-state index is 11.6. The molecule has 0 aromatic carbocycles. The molecule has 112 valence electrons. The molecule has 0 radical (unpaired) electrons. The number of hydrogen-bond donors (Lipinski definition) is 4. The van der Waals surface area contributed by atoms with Crippen molar-refractivity contribution in [2.75, 3.05) is 11.9 Å². The molecule has 4 N–H and O–H groups in total. The Balaban J connectivity index is 1.67. The first-order valence-electron chi connectivity index (χ1n) is 6.27. The summed E-state index contributed by atoms with van der Waals surface area (Å²) >= 11 is 0. The first kappa shape index (κ1) is 14.5. The van der Waals surface area contributed by atoms with Gasteiger partial charge < -0.3 is 15.7 Å². The van der Waals surface area contributed by atoms with Gasteiger partial charge in [-0.3, -0.25) is 14.6 Å². The van der Waals surface area contributed by atoms with Crippen LogP contribution in [0, 0.1) is 0 Å². The maximum Gasteiger partial charge on any atom is 0.325 e. The molecule has 2 rings (SSSR count). The van der Waals surface area contributed by atoms with E-state index in [9.17, 15) is 9.59 Å². The van der Waals surface area contributed by atoms with Crippen molar-refractivity contribution in [2.24, 2.45) is 0 Å². The molecule has 0 aliphatic rings. The number of aliphatic carboxylic acids is 1. The van der Waals surface area contributed by atoms with Crippen LogP contribution in [0.2, 0.25) is 0 Å². The Hall–Kier alpha value is -2.91. The number of nitrogens with zero attached hydrogens (tertiary/aromatic N) is 4. The van der Waals surface area contributed by atoms with Gasteiger partial charge in [-0.05, 0) is 6.42 Å².